The third-order valence-corrected chi connectivity index (χ3v) is 3.79. The van der Waals surface area contributed by atoms with Crippen LogP contribution in [0.15, 0.2) is 22.7 Å². The van der Waals surface area contributed by atoms with E-state index < -0.39 is 0 Å². The van der Waals surface area contributed by atoms with E-state index in [9.17, 15) is 4.39 Å². The first-order chi connectivity index (χ1) is 9.08. The van der Waals surface area contributed by atoms with Crippen LogP contribution in [0.2, 0.25) is 0 Å². The molecule has 0 unspecified atom stereocenters. The molecule has 1 N–H and O–H groups in total. The Hall–Kier alpha value is -0.850. The van der Waals surface area contributed by atoms with Crippen molar-refractivity contribution in [3.63, 3.8) is 0 Å². The first-order valence-corrected chi connectivity index (χ1v) is 7.62. The van der Waals surface area contributed by atoms with Crippen molar-refractivity contribution in [3.05, 3.63) is 33.4 Å². The lowest BCUT2D eigenvalue weighted by atomic mass is 10.1. The van der Waals surface area contributed by atoms with Gasteiger partial charge in [-0.2, -0.15) is 0 Å². The Labute approximate surface area is 124 Å². The summed E-state index contributed by atoms with van der Waals surface area (Å²) in [6, 6.07) is 4.84. The van der Waals surface area contributed by atoms with Gasteiger partial charge in [0.25, 0.3) is 0 Å². The minimum atomic E-state index is -0.277. The van der Waals surface area contributed by atoms with E-state index in [0.717, 1.165) is 15.9 Å². The Morgan fingerprint density at radius 3 is 2.95 bits per heavy atom. The van der Waals surface area contributed by atoms with Crippen LogP contribution in [0, 0.1) is 11.7 Å². The normalized spacial score (nSPS) is 11.2. The molecule has 0 aliphatic heterocycles. The van der Waals surface area contributed by atoms with Crippen LogP contribution in [0.3, 0.4) is 0 Å². The number of halogens is 2. The highest BCUT2D eigenvalue weighted by Gasteiger charge is 2.14. The topological polar surface area (TPSA) is 37.8 Å². The molecular formula is C13H15BrFN3S. The van der Waals surface area contributed by atoms with Gasteiger partial charge >= 0.3 is 0 Å². The van der Waals surface area contributed by atoms with Crippen molar-refractivity contribution >= 4 is 27.5 Å². The Balaban J connectivity index is 2.21. The quantitative estimate of drug-likeness (QED) is 0.895. The molecule has 0 saturated carbocycles. The highest BCUT2D eigenvalue weighted by Crippen LogP contribution is 2.28. The van der Waals surface area contributed by atoms with E-state index in [1.165, 1.54) is 17.6 Å². The molecule has 0 radical (unpaired) electrons. The molecule has 1 aromatic carbocycles. The first kappa shape index (κ1) is 14.6. The minimum Gasteiger partial charge on any atom is -0.311 e. The largest absolute Gasteiger partial charge is 0.311 e. The monoisotopic (exact) mass is 343 g/mol. The molecule has 1 aromatic heterocycles. The zero-order valence-corrected chi connectivity index (χ0v) is 13.2. The summed E-state index contributed by atoms with van der Waals surface area (Å²) in [7, 11) is 0. The lowest BCUT2D eigenvalue weighted by Crippen LogP contribution is -2.18. The molecule has 6 heteroatoms. The van der Waals surface area contributed by atoms with Crippen LogP contribution in [0.25, 0.3) is 11.3 Å². The number of rotatable bonds is 5. The second kappa shape index (κ2) is 6.54. The summed E-state index contributed by atoms with van der Waals surface area (Å²) in [5.41, 5.74) is 1.12. The summed E-state index contributed by atoms with van der Waals surface area (Å²) in [5, 5.41) is 7.38. The molecule has 1 heterocycles. The van der Waals surface area contributed by atoms with Gasteiger partial charge in [-0.3, -0.25) is 0 Å². The van der Waals surface area contributed by atoms with Crippen LogP contribution in [0.4, 0.5) is 4.39 Å². The molecule has 0 saturated heterocycles. The predicted octanol–water partition coefficient (Wildman–Crippen LogP) is 3.85. The van der Waals surface area contributed by atoms with Crippen LogP contribution in [0.1, 0.15) is 18.7 Å². The first-order valence-electron chi connectivity index (χ1n) is 6.05. The van der Waals surface area contributed by atoms with E-state index in [1.807, 2.05) is 0 Å². The fourth-order valence-electron chi connectivity index (χ4n) is 1.68. The molecule has 19 heavy (non-hydrogen) atoms. The maximum absolute atomic E-state index is 13.9. The maximum atomic E-state index is 13.9. The number of aromatic nitrogens is 2. The number of hydrogen-bond donors (Lipinski definition) is 1. The van der Waals surface area contributed by atoms with E-state index in [2.05, 4.69) is 44.7 Å². The van der Waals surface area contributed by atoms with Crippen LogP contribution in [-0.2, 0) is 6.54 Å². The minimum absolute atomic E-state index is 0.277. The summed E-state index contributed by atoms with van der Waals surface area (Å²) in [5.74, 6) is 0.299. The molecule has 0 atom stereocenters. The highest BCUT2D eigenvalue weighted by atomic mass is 79.9. The maximum Gasteiger partial charge on any atom is 0.132 e. The molecule has 0 amide bonds. The van der Waals surface area contributed by atoms with E-state index in [1.54, 1.807) is 12.1 Å². The molecule has 102 valence electrons. The fourth-order valence-corrected chi connectivity index (χ4v) is 2.67. The van der Waals surface area contributed by atoms with Gasteiger partial charge in [0.1, 0.15) is 11.5 Å². The lowest BCUT2D eigenvalue weighted by Gasteiger charge is -2.07. The summed E-state index contributed by atoms with van der Waals surface area (Å²) in [6.45, 7) is 5.87. The van der Waals surface area contributed by atoms with Crippen molar-refractivity contribution in [1.29, 1.82) is 0 Å². The van der Waals surface area contributed by atoms with Crippen LogP contribution in [-0.4, -0.2) is 16.1 Å². The second-order valence-corrected chi connectivity index (χ2v) is 6.45. The fraction of sp³-hybridized carbons (Fsp3) is 0.385. The molecule has 3 nitrogen and oxygen atoms in total. The molecule has 2 rings (SSSR count). The zero-order valence-electron chi connectivity index (χ0n) is 10.8. The van der Waals surface area contributed by atoms with Gasteiger partial charge in [0.15, 0.2) is 0 Å². The number of hydrogen-bond acceptors (Lipinski definition) is 4. The average molecular weight is 344 g/mol. The van der Waals surface area contributed by atoms with Crippen molar-refractivity contribution in [2.24, 2.45) is 5.92 Å². The van der Waals surface area contributed by atoms with E-state index in [4.69, 9.17) is 0 Å². The standard InChI is InChI=1S/C13H15BrFN3S/c1-8(2)6-16-7-12-13(17-18-19-12)10-5-9(14)3-4-11(10)15/h3-5,8,16H,6-7H2,1-2H3. The molecule has 0 aliphatic carbocycles. The molecule has 2 aromatic rings. The molecule has 0 aliphatic rings. The summed E-state index contributed by atoms with van der Waals surface area (Å²) in [6.07, 6.45) is 0. The van der Waals surface area contributed by atoms with Gasteiger partial charge < -0.3 is 5.32 Å². The van der Waals surface area contributed by atoms with Gasteiger partial charge in [-0.25, -0.2) is 4.39 Å². The predicted molar refractivity (Wildman–Crippen MR) is 79.5 cm³/mol. The Bertz CT molecular complexity index is 557. The van der Waals surface area contributed by atoms with Gasteiger partial charge in [-0.05, 0) is 42.2 Å². The number of nitrogens with zero attached hydrogens (tertiary/aromatic N) is 2. The smallest absolute Gasteiger partial charge is 0.132 e. The highest BCUT2D eigenvalue weighted by molar-refractivity contribution is 9.10. The van der Waals surface area contributed by atoms with Gasteiger partial charge in [0.05, 0.1) is 4.88 Å². The summed E-state index contributed by atoms with van der Waals surface area (Å²) in [4.78, 5) is 0.956. The summed E-state index contributed by atoms with van der Waals surface area (Å²) >= 11 is 4.66. The SMILES string of the molecule is CC(C)CNCc1snnc1-c1cc(Br)ccc1F. The number of benzene rings is 1. The number of nitrogens with one attached hydrogen (secondary N) is 1. The average Bonchev–Trinajstić information content (AvgIpc) is 2.80. The van der Waals surface area contributed by atoms with Crippen LogP contribution >= 0.6 is 27.5 Å². The van der Waals surface area contributed by atoms with Crippen LogP contribution in [0.5, 0.6) is 0 Å². The van der Waals surface area contributed by atoms with Crippen LogP contribution < -0.4 is 5.32 Å². The summed E-state index contributed by atoms with van der Waals surface area (Å²) < 4.78 is 18.6. The Morgan fingerprint density at radius 1 is 1.42 bits per heavy atom. The molecule has 0 spiro atoms. The van der Waals surface area contributed by atoms with Crippen molar-refractivity contribution in [2.75, 3.05) is 6.54 Å². The lowest BCUT2D eigenvalue weighted by molar-refractivity contribution is 0.554. The third kappa shape index (κ3) is 3.81. The second-order valence-electron chi connectivity index (χ2n) is 4.69. The van der Waals surface area contributed by atoms with E-state index in [0.29, 0.717) is 23.7 Å². The van der Waals surface area contributed by atoms with E-state index in [-0.39, 0.29) is 5.82 Å². The van der Waals surface area contributed by atoms with Gasteiger partial charge in [0, 0.05) is 16.6 Å². The van der Waals surface area contributed by atoms with Gasteiger partial charge in [0.2, 0.25) is 0 Å². The molecule has 0 fully saturated rings. The van der Waals surface area contributed by atoms with Crippen molar-refractivity contribution in [3.8, 4) is 11.3 Å². The zero-order chi connectivity index (χ0) is 13.8. The Morgan fingerprint density at radius 2 is 2.21 bits per heavy atom. The molecule has 0 bridgehead atoms. The van der Waals surface area contributed by atoms with Crippen molar-refractivity contribution in [1.82, 2.24) is 14.9 Å². The van der Waals surface area contributed by atoms with Gasteiger partial charge in [-0.1, -0.05) is 34.3 Å². The van der Waals surface area contributed by atoms with E-state index >= 15 is 0 Å². The third-order valence-electron chi connectivity index (χ3n) is 2.58. The molecular weight excluding hydrogens is 329 g/mol. The Kier molecular flexibility index (Phi) is 5.01. The van der Waals surface area contributed by atoms with Gasteiger partial charge in [-0.15, -0.1) is 5.10 Å². The van der Waals surface area contributed by atoms with Crippen molar-refractivity contribution < 1.29 is 4.39 Å². The van der Waals surface area contributed by atoms with Crippen molar-refractivity contribution in [2.45, 2.75) is 20.4 Å².